The van der Waals surface area contributed by atoms with Crippen molar-refractivity contribution in [2.45, 2.75) is 38.8 Å². The fraction of sp³-hybridized carbons (Fsp3) is 0.875. The number of hydrogen-bond donors (Lipinski definition) is 3. The Labute approximate surface area is 72.6 Å². The van der Waals surface area contributed by atoms with E-state index in [-0.39, 0.29) is 6.10 Å². The molecular weight excluding hydrogens is 158 g/mol. The van der Waals surface area contributed by atoms with Crippen molar-refractivity contribution < 1.29 is 15.0 Å². The molecular formula is C8H17NO3. The van der Waals surface area contributed by atoms with Gasteiger partial charge in [-0.1, -0.05) is 0 Å². The third-order valence-corrected chi connectivity index (χ3v) is 1.63. The Balaban J connectivity index is 0.000000261. The molecule has 2 unspecified atom stereocenters. The number of nitrogens with one attached hydrogen (secondary N) is 1. The largest absolute Gasteiger partial charge is 0.481 e. The van der Waals surface area contributed by atoms with Crippen molar-refractivity contribution in [2.24, 2.45) is 0 Å². The van der Waals surface area contributed by atoms with E-state index in [0.717, 1.165) is 26.3 Å². The van der Waals surface area contributed by atoms with E-state index in [4.69, 9.17) is 15.0 Å². The normalized spacial score (nSPS) is 28.6. The second-order valence-corrected chi connectivity index (χ2v) is 3.06. The predicted molar refractivity (Wildman–Crippen MR) is 46.0 cm³/mol. The van der Waals surface area contributed by atoms with E-state index in [1.165, 1.54) is 0 Å². The van der Waals surface area contributed by atoms with Gasteiger partial charge in [0.2, 0.25) is 0 Å². The first-order valence-corrected chi connectivity index (χ1v) is 4.13. The van der Waals surface area contributed by atoms with Crippen molar-refractivity contribution in [3.8, 4) is 0 Å². The molecule has 0 aromatic rings. The first kappa shape index (κ1) is 11.4. The third-order valence-electron chi connectivity index (χ3n) is 1.63. The summed E-state index contributed by atoms with van der Waals surface area (Å²) in [5.74, 6) is -0.833. The lowest BCUT2D eigenvalue weighted by molar-refractivity contribution is -0.134. The van der Waals surface area contributed by atoms with Gasteiger partial charge in [-0.05, 0) is 19.8 Å². The first-order valence-electron chi connectivity index (χ1n) is 4.13. The SMILES string of the molecule is CC(=O)O.CC1CCC(O)CN1. The maximum Gasteiger partial charge on any atom is 0.300 e. The summed E-state index contributed by atoms with van der Waals surface area (Å²) in [6.45, 7) is 4.01. The fourth-order valence-electron chi connectivity index (χ4n) is 0.984. The van der Waals surface area contributed by atoms with Gasteiger partial charge < -0.3 is 15.5 Å². The van der Waals surface area contributed by atoms with Crippen LogP contribution in [-0.4, -0.2) is 34.9 Å². The van der Waals surface area contributed by atoms with Gasteiger partial charge >= 0.3 is 0 Å². The number of aliphatic hydroxyl groups is 1. The molecule has 0 spiro atoms. The summed E-state index contributed by atoms with van der Waals surface area (Å²) in [5.41, 5.74) is 0. The van der Waals surface area contributed by atoms with Gasteiger partial charge in [0.15, 0.2) is 0 Å². The quantitative estimate of drug-likeness (QED) is 0.492. The van der Waals surface area contributed by atoms with Crippen molar-refractivity contribution in [1.29, 1.82) is 0 Å². The predicted octanol–water partition coefficient (Wildman–Crippen LogP) is 0.210. The monoisotopic (exact) mass is 175 g/mol. The summed E-state index contributed by atoms with van der Waals surface area (Å²) < 4.78 is 0. The lowest BCUT2D eigenvalue weighted by Gasteiger charge is -2.23. The van der Waals surface area contributed by atoms with Crippen molar-refractivity contribution in [3.05, 3.63) is 0 Å². The highest BCUT2D eigenvalue weighted by molar-refractivity contribution is 5.62. The van der Waals surface area contributed by atoms with Gasteiger partial charge in [0, 0.05) is 19.5 Å². The van der Waals surface area contributed by atoms with Crippen LogP contribution in [-0.2, 0) is 4.79 Å². The molecule has 1 aliphatic heterocycles. The highest BCUT2D eigenvalue weighted by Crippen LogP contribution is 2.05. The fourth-order valence-corrected chi connectivity index (χ4v) is 0.984. The molecule has 1 heterocycles. The minimum absolute atomic E-state index is 0.0915. The maximum absolute atomic E-state index is 9.00. The Bertz CT molecular complexity index is 116. The van der Waals surface area contributed by atoms with E-state index in [1.54, 1.807) is 0 Å². The zero-order chi connectivity index (χ0) is 9.56. The van der Waals surface area contributed by atoms with Gasteiger partial charge in [-0.3, -0.25) is 4.79 Å². The van der Waals surface area contributed by atoms with Gasteiger partial charge in [-0.15, -0.1) is 0 Å². The second kappa shape index (κ2) is 5.97. The van der Waals surface area contributed by atoms with E-state index in [2.05, 4.69) is 12.2 Å². The number of β-amino-alcohol motifs (C(OH)–C–C–N with tert-alkyl or cyclic N) is 1. The molecule has 2 atom stereocenters. The van der Waals surface area contributed by atoms with Gasteiger partial charge in [0.1, 0.15) is 0 Å². The zero-order valence-electron chi connectivity index (χ0n) is 7.58. The topological polar surface area (TPSA) is 69.6 Å². The Hall–Kier alpha value is -0.610. The Kier molecular flexibility index (Phi) is 5.66. The summed E-state index contributed by atoms with van der Waals surface area (Å²) in [7, 11) is 0. The first-order chi connectivity index (χ1) is 5.52. The smallest absolute Gasteiger partial charge is 0.300 e. The van der Waals surface area contributed by atoms with Gasteiger partial charge in [0.05, 0.1) is 6.10 Å². The maximum atomic E-state index is 9.00. The summed E-state index contributed by atoms with van der Waals surface area (Å²) >= 11 is 0. The molecule has 72 valence electrons. The zero-order valence-corrected chi connectivity index (χ0v) is 7.58. The highest BCUT2D eigenvalue weighted by Gasteiger charge is 2.13. The molecule has 0 amide bonds. The molecule has 1 aliphatic rings. The summed E-state index contributed by atoms with van der Waals surface area (Å²) in [4.78, 5) is 9.00. The molecule has 1 rings (SSSR count). The molecule has 1 saturated heterocycles. The van der Waals surface area contributed by atoms with E-state index in [9.17, 15) is 0 Å². The van der Waals surface area contributed by atoms with E-state index >= 15 is 0 Å². The number of carbonyl (C=O) groups is 1. The number of carboxylic acids is 1. The number of aliphatic hydroxyl groups excluding tert-OH is 1. The number of piperidine rings is 1. The minimum Gasteiger partial charge on any atom is -0.481 e. The number of hydrogen-bond acceptors (Lipinski definition) is 3. The van der Waals surface area contributed by atoms with E-state index in [1.807, 2.05) is 0 Å². The molecule has 0 radical (unpaired) electrons. The van der Waals surface area contributed by atoms with Crippen LogP contribution in [0.15, 0.2) is 0 Å². The average Bonchev–Trinajstić information content (AvgIpc) is 1.94. The average molecular weight is 175 g/mol. The number of rotatable bonds is 0. The number of aliphatic carboxylic acids is 1. The van der Waals surface area contributed by atoms with Crippen LogP contribution in [0, 0.1) is 0 Å². The van der Waals surface area contributed by atoms with Crippen LogP contribution >= 0.6 is 0 Å². The van der Waals surface area contributed by atoms with Crippen LogP contribution in [0.3, 0.4) is 0 Å². The molecule has 3 N–H and O–H groups in total. The standard InChI is InChI=1S/C6H13NO.C2H4O2/c1-5-2-3-6(8)4-7-5;1-2(3)4/h5-8H,2-4H2,1H3;1H3,(H,3,4). The Morgan fingerprint density at radius 1 is 1.50 bits per heavy atom. The number of carboxylic acid groups (broad SMARTS) is 1. The van der Waals surface area contributed by atoms with Gasteiger partial charge in [-0.2, -0.15) is 0 Å². The van der Waals surface area contributed by atoms with Gasteiger partial charge in [-0.25, -0.2) is 0 Å². The van der Waals surface area contributed by atoms with Crippen molar-refractivity contribution >= 4 is 5.97 Å². The molecule has 0 aromatic heterocycles. The van der Waals surface area contributed by atoms with E-state index < -0.39 is 5.97 Å². The van der Waals surface area contributed by atoms with Crippen LogP contribution < -0.4 is 5.32 Å². The second-order valence-electron chi connectivity index (χ2n) is 3.06. The lowest BCUT2D eigenvalue weighted by atomic mass is 10.0. The molecule has 0 bridgehead atoms. The van der Waals surface area contributed by atoms with Crippen molar-refractivity contribution in [2.75, 3.05) is 6.54 Å². The minimum atomic E-state index is -0.833. The molecule has 1 fully saturated rings. The summed E-state index contributed by atoms with van der Waals surface area (Å²) in [6, 6.07) is 0.610. The summed E-state index contributed by atoms with van der Waals surface area (Å²) in [5, 5.41) is 19.6. The highest BCUT2D eigenvalue weighted by atomic mass is 16.4. The van der Waals surface area contributed by atoms with Crippen LogP contribution in [0.1, 0.15) is 26.7 Å². The van der Waals surface area contributed by atoms with Crippen LogP contribution in [0.25, 0.3) is 0 Å². The molecule has 0 aliphatic carbocycles. The van der Waals surface area contributed by atoms with Crippen LogP contribution in [0.2, 0.25) is 0 Å². The van der Waals surface area contributed by atoms with Crippen molar-refractivity contribution in [3.63, 3.8) is 0 Å². The van der Waals surface area contributed by atoms with Gasteiger partial charge in [0.25, 0.3) is 5.97 Å². The molecule has 0 saturated carbocycles. The van der Waals surface area contributed by atoms with E-state index in [0.29, 0.717) is 6.04 Å². The Morgan fingerprint density at radius 3 is 2.25 bits per heavy atom. The Morgan fingerprint density at radius 2 is 2.00 bits per heavy atom. The lowest BCUT2D eigenvalue weighted by Crippen LogP contribution is -2.39. The molecule has 0 aromatic carbocycles. The summed E-state index contributed by atoms with van der Waals surface area (Å²) in [6.07, 6.45) is 1.99. The van der Waals surface area contributed by atoms with Crippen LogP contribution in [0.5, 0.6) is 0 Å². The van der Waals surface area contributed by atoms with Crippen LogP contribution in [0.4, 0.5) is 0 Å². The van der Waals surface area contributed by atoms with Crippen molar-refractivity contribution in [1.82, 2.24) is 5.32 Å². The molecule has 12 heavy (non-hydrogen) atoms. The third kappa shape index (κ3) is 7.50. The molecule has 4 heteroatoms. The molecule has 4 nitrogen and oxygen atoms in total.